The predicted molar refractivity (Wildman–Crippen MR) is 48.6 cm³/mol. The average molecular weight is 217 g/mol. The second-order valence-corrected chi connectivity index (χ2v) is 3.31. The van der Waals surface area contributed by atoms with Crippen molar-refractivity contribution in [1.29, 1.82) is 0 Å². The van der Waals surface area contributed by atoms with Crippen molar-refractivity contribution in [1.82, 2.24) is 9.38 Å². The number of rotatable bonds is 1. The van der Waals surface area contributed by atoms with Crippen LogP contribution in [0.15, 0.2) is 18.5 Å². The molecule has 0 saturated heterocycles. The molecule has 0 atom stereocenters. The second kappa shape index (κ2) is 2.98. The number of nitrogens with zero attached hydrogens (tertiary/aromatic N) is 2. The molecule has 2 rings (SSSR count). The van der Waals surface area contributed by atoms with Gasteiger partial charge in [0.1, 0.15) is 0 Å². The van der Waals surface area contributed by atoms with Crippen LogP contribution in [-0.4, -0.2) is 16.4 Å². The van der Waals surface area contributed by atoms with E-state index in [0.29, 0.717) is 11.8 Å². The van der Waals surface area contributed by atoms with E-state index in [9.17, 15) is 17.3 Å². The quantitative estimate of drug-likeness (QED) is 0.526. The van der Waals surface area contributed by atoms with Crippen molar-refractivity contribution >= 4 is 18.1 Å². The number of halogens is 4. The van der Waals surface area contributed by atoms with Crippen LogP contribution in [0.5, 0.6) is 0 Å². The fourth-order valence-corrected chi connectivity index (χ4v) is 1.38. The van der Waals surface area contributed by atoms with Gasteiger partial charge in [-0.2, -0.15) is 0 Å². The van der Waals surface area contributed by atoms with Crippen LogP contribution in [0.1, 0.15) is 5.69 Å². The molecule has 0 unspecified atom stereocenters. The Labute approximate surface area is 82.6 Å². The minimum atomic E-state index is -5.18. The van der Waals surface area contributed by atoms with Crippen LogP contribution in [0.3, 0.4) is 0 Å². The van der Waals surface area contributed by atoms with Crippen LogP contribution in [0.25, 0.3) is 5.65 Å². The molecule has 0 amide bonds. The van der Waals surface area contributed by atoms with Crippen molar-refractivity contribution in [3.05, 3.63) is 30.0 Å². The molecule has 2 aromatic rings. The number of imidazole rings is 1. The van der Waals surface area contributed by atoms with Crippen molar-refractivity contribution < 1.29 is 17.3 Å². The van der Waals surface area contributed by atoms with Gasteiger partial charge in [-0.05, 0) is 19.2 Å². The fraction of sp³-hybridized carbons (Fsp3) is 0.125. The summed E-state index contributed by atoms with van der Waals surface area (Å²) in [4.78, 5) is 3.76. The molecule has 7 heteroatoms. The summed E-state index contributed by atoms with van der Waals surface area (Å²) >= 11 is 0. The number of hydrogen-bond donors (Lipinski definition) is 0. The van der Waals surface area contributed by atoms with E-state index in [4.69, 9.17) is 0 Å². The first-order valence-corrected chi connectivity index (χ1v) is 4.22. The van der Waals surface area contributed by atoms with Crippen LogP contribution in [0.4, 0.5) is 17.3 Å². The van der Waals surface area contributed by atoms with E-state index in [1.165, 1.54) is 6.20 Å². The Hall–Kier alpha value is -1.53. The molecule has 0 aromatic carbocycles. The molecular formula is C8H6BF4N2-. The van der Waals surface area contributed by atoms with Crippen LogP contribution < -0.4 is 5.46 Å². The van der Waals surface area contributed by atoms with E-state index in [0.717, 1.165) is 10.6 Å². The molecule has 2 aromatic heterocycles. The van der Waals surface area contributed by atoms with E-state index in [2.05, 4.69) is 4.98 Å². The Kier molecular flexibility index (Phi) is 1.99. The Morgan fingerprint density at radius 3 is 2.53 bits per heavy atom. The van der Waals surface area contributed by atoms with Crippen LogP contribution in [0, 0.1) is 12.7 Å². The molecule has 0 spiro atoms. The zero-order valence-corrected chi connectivity index (χ0v) is 7.72. The highest BCUT2D eigenvalue weighted by Crippen LogP contribution is 2.13. The lowest BCUT2D eigenvalue weighted by molar-refractivity contribution is 0.499. The molecule has 0 radical (unpaired) electrons. The van der Waals surface area contributed by atoms with E-state index in [-0.39, 0.29) is 5.65 Å². The highest BCUT2D eigenvalue weighted by Gasteiger charge is 2.27. The first kappa shape index (κ1) is 10.0. The normalized spacial score (nSPS) is 12.3. The number of hydrogen-bond acceptors (Lipinski definition) is 1. The minimum absolute atomic E-state index is 0.0868. The summed E-state index contributed by atoms with van der Waals surface area (Å²) in [5.74, 6) is -0.959. The molecule has 80 valence electrons. The second-order valence-electron chi connectivity index (χ2n) is 3.31. The van der Waals surface area contributed by atoms with E-state index < -0.39 is 18.3 Å². The largest absolute Gasteiger partial charge is 0.511 e. The fourth-order valence-electron chi connectivity index (χ4n) is 1.38. The lowest BCUT2D eigenvalue weighted by Gasteiger charge is -2.14. The summed E-state index contributed by atoms with van der Waals surface area (Å²) in [6.45, 7) is -3.60. The monoisotopic (exact) mass is 217 g/mol. The van der Waals surface area contributed by atoms with Gasteiger partial charge < -0.3 is 17.3 Å². The van der Waals surface area contributed by atoms with Gasteiger partial charge >= 0.3 is 6.98 Å². The number of aromatic nitrogens is 2. The smallest absolute Gasteiger partial charge is 0.445 e. The van der Waals surface area contributed by atoms with Crippen LogP contribution in [-0.2, 0) is 0 Å². The Morgan fingerprint density at radius 1 is 1.27 bits per heavy atom. The third kappa shape index (κ3) is 1.69. The average Bonchev–Trinajstić information content (AvgIpc) is 2.44. The number of pyridine rings is 1. The van der Waals surface area contributed by atoms with Gasteiger partial charge in [0.25, 0.3) is 0 Å². The maximum Gasteiger partial charge on any atom is 0.511 e. The summed E-state index contributed by atoms with van der Waals surface area (Å²) < 4.78 is 51.4. The molecule has 0 N–H and O–H groups in total. The molecule has 15 heavy (non-hydrogen) atoms. The molecule has 0 bridgehead atoms. The zero-order valence-electron chi connectivity index (χ0n) is 7.72. The van der Waals surface area contributed by atoms with Crippen molar-refractivity contribution in [2.45, 2.75) is 6.92 Å². The van der Waals surface area contributed by atoms with Gasteiger partial charge in [-0.15, -0.1) is 0 Å². The molecule has 2 heterocycles. The topological polar surface area (TPSA) is 17.3 Å². The van der Waals surface area contributed by atoms with Gasteiger partial charge in [-0.1, -0.05) is 5.46 Å². The third-order valence-electron chi connectivity index (χ3n) is 2.03. The van der Waals surface area contributed by atoms with Crippen molar-refractivity contribution in [2.75, 3.05) is 0 Å². The first-order valence-electron chi connectivity index (χ1n) is 4.22. The van der Waals surface area contributed by atoms with Crippen molar-refractivity contribution in [3.63, 3.8) is 0 Å². The van der Waals surface area contributed by atoms with Gasteiger partial charge in [0.05, 0.1) is 5.69 Å². The maximum absolute atomic E-state index is 13.2. The van der Waals surface area contributed by atoms with E-state index in [1.54, 1.807) is 6.92 Å². The summed E-state index contributed by atoms with van der Waals surface area (Å²) in [5, 5.41) is 0. The van der Waals surface area contributed by atoms with Gasteiger partial charge in [0.15, 0.2) is 11.5 Å². The van der Waals surface area contributed by atoms with E-state index >= 15 is 0 Å². The number of aryl methyl sites for hydroxylation is 1. The zero-order chi connectivity index (χ0) is 11.2. The van der Waals surface area contributed by atoms with Crippen LogP contribution in [0.2, 0.25) is 0 Å². The van der Waals surface area contributed by atoms with Crippen LogP contribution >= 0.6 is 0 Å². The van der Waals surface area contributed by atoms with Gasteiger partial charge in [0.2, 0.25) is 0 Å². The molecular weight excluding hydrogens is 211 g/mol. The lowest BCUT2D eigenvalue weighted by atomic mass is 9.81. The summed E-state index contributed by atoms with van der Waals surface area (Å²) in [6.07, 6.45) is 2.20. The highest BCUT2D eigenvalue weighted by atomic mass is 19.4. The van der Waals surface area contributed by atoms with Gasteiger partial charge in [0, 0.05) is 6.20 Å². The predicted octanol–water partition coefficient (Wildman–Crippen LogP) is 1.84. The highest BCUT2D eigenvalue weighted by molar-refractivity contribution is 6.73. The molecule has 0 aliphatic rings. The Balaban J connectivity index is 2.72. The van der Waals surface area contributed by atoms with Gasteiger partial charge in [-0.3, -0.25) is 0 Å². The molecule has 0 aliphatic heterocycles. The molecule has 0 aliphatic carbocycles. The summed E-state index contributed by atoms with van der Waals surface area (Å²) in [6, 6.07) is 0.474. The Morgan fingerprint density at radius 2 is 1.93 bits per heavy atom. The molecule has 0 saturated carbocycles. The number of fused-ring (bicyclic) bond motifs is 1. The summed E-state index contributed by atoms with van der Waals surface area (Å²) in [7, 11) is 0. The molecule has 0 fully saturated rings. The van der Waals surface area contributed by atoms with Crippen molar-refractivity contribution in [2.24, 2.45) is 0 Å². The Bertz CT molecular complexity index is 517. The molecule has 2 nitrogen and oxygen atoms in total. The minimum Gasteiger partial charge on any atom is -0.445 e. The summed E-state index contributed by atoms with van der Waals surface area (Å²) in [5.41, 5.74) is -0.575. The first-order chi connectivity index (χ1) is 6.88. The van der Waals surface area contributed by atoms with Gasteiger partial charge in [-0.25, -0.2) is 9.37 Å². The SMILES string of the molecule is Cc1cn2cc([B-](F)(F)F)cc(F)c2n1. The lowest BCUT2D eigenvalue weighted by Crippen LogP contribution is -2.35. The standard InChI is InChI=1S/C8H6BF4N2/c1-5-3-15-4-6(9(11,12)13)2-7(10)8(15)14-5/h2-4H,1H3/q-1. The maximum atomic E-state index is 13.2. The van der Waals surface area contributed by atoms with Crippen molar-refractivity contribution in [3.8, 4) is 0 Å². The van der Waals surface area contributed by atoms with E-state index in [1.807, 2.05) is 0 Å². The third-order valence-corrected chi connectivity index (χ3v) is 2.03.